The highest BCUT2D eigenvalue weighted by Gasteiger charge is 2.51. The molecule has 0 aliphatic carbocycles. The van der Waals surface area contributed by atoms with Crippen molar-refractivity contribution in [2.75, 3.05) is 50.8 Å². The van der Waals surface area contributed by atoms with E-state index in [1.54, 1.807) is 5.01 Å². The van der Waals surface area contributed by atoms with E-state index in [0.717, 1.165) is 12.2 Å². The number of rotatable bonds is 4. The molecule has 1 N–H and O–H groups in total. The zero-order valence-corrected chi connectivity index (χ0v) is 18.7. The third kappa shape index (κ3) is 4.19. The van der Waals surface area contributed by atoms with Crippen LogP contribution in [0.1, 0.15) is 20.8 Å². The molecule has 3 aliphatic rings. The Balaban J connectivity index is 1.49. The average Bonchev–Trinajstić information content (AvgIpc) is 3.14. The number of carbonyl (C=O) groups excluding carboxylic acids is 3. The SMILES string of the molecule is CCN1CC(C(=O)N2CCN(C(=O)C(C)C)CC2)C2NN(c3ccccc3)C(=O)C2C1. The highest BCUT2D eigenvalue weighted by molar-refractivity contribution is 5.98. The van der Waals surface area contributed by atoms with Gasteiger partial charge in [0.25, 0.3) is 0 Å². The summed E-state index contributed by atoms with van der Waals surface area (Å²) >= 11 is 0. The number of piperazine rings is 1. The molecule has 8 heteroatoms. The van der Waals surface area contributed by atoms with Crippen molar-refractivity contribution in [2.45, 2.75) is 26.8 Å². The summed E-state index contributed by atoms with van der Waals surface area (Å²) in [6.45, 7) is 10.2. The predicted octanol–water partition coefficient (Wildman–Crippen LogP) is 0.801. The van der Waals surface area contributed by atoms with Gasteiger partial charge in [0.05, 0.1) is 23.6 Å². The van der Waals surface area contributed by atoms with Crippen molar-refractivity contribution < 1.29 is 14.4 Å². The number of hydrogen-bond acceptors (Lipinski definition) is 5. The van der Waals surface area contributed by atoms with Crippen molar-refractivity contribution >= 4 is 23.4 Å². The van der Waals surface area contributed by atoms with Crippen molar-refractivity contribution in [3.05, 3.63) is 30.3 Å². The Bertz CT molecular complexity index is 822. The van der Waals surface area contributed by atoms with E-state index >= 15 is 0 Å². The molecule has 1 aromatic carbocycles. The molecule has 0 spiro atoms. The van der Waals surface area contributed by atoms with Gasteiger partial charge in [-0.05, 0) is 18.7 Å². The van der Waals surface area contributed by atoms with Crippen molar-refractivity contribution in [1.29, 1.82) is 0 Å². The summed E-state index contributed by atoms with van der Waals surface area (Å²) < 4.78 is 0. The van der Waals surface area contributed by atoms with Crippen molar-refractivity contribution in [3.63, 3.8) is 0 Å². The first-order valence-electron chi connectivity index (χ1n) is 11.4. The molecule has 3 saturated heterocycles. The van der Waals surface area contributed by atoms with Gasteiger partial charge in [0, 0.05) is 45.2 Å². The maximum Gasteiger partial charge on any atom is 0.247 e. The van der Waals surface area contributed by atoms with E-state index in [4.69, 9.17) is 0 Å². The van der Waals surface area contributed by atoms with Gasteiger partial charge >= 0.3 is 0 Å². The minimum Gasteiger partial charge on any atom is -0.339 e. The first-order valence-corrected chi connectivity index (χ1v) is 11.4. The Labute approximate surface area is 184 Å². The molecule has 3 aliphatic heterocycles. The lowest BCUT2D eigenvalue weighted by molar-refractivity contribution is -0.146. The van der Waals surface area contributed by atoms with E-state index < -0.39 is 0 Å². The Hall–Kier alpha value is -2.45. The summed E-state index contributed by atoms with van der Waals surface area (Å²) in [5, 5.41) is 1.62. The van der Waals surface area contributed by atoms with Crippen molar-refractivity contribution in [2.24, 2.45) is 17.8 Å². The number of benzene rings is 1. The summed E-state index contributed by atoms with van der Waals surface area (Å²) in [6, 6.07) is 9.34. The normalized spacial score (nSPS) is 27.0. The molecule has 0 bridgehead atoms. The third-order valence-corrected chi connectivity index (χ3v) is 6.77. The maximum atomic E-state index is 13.5. The van der Waals surface area contributed by atoms with Gasteiger partial charge in [-0.1, -0.05) is 39.0 Å². The van der Waals surface area contributed by atoms with Crippen LogP contribution in [0, 0.1) is 17.8 Å². The molecule has 1 aromatic rings. The van der Waals surface area contributed by atoms with Crippen LogP contribution in [0.25, 0.3) is 0 Å². The van der Waals surface area contributed by atoms with Crippen LogP contribution in [-0.4, -0.2) is 84.3 Å². The Morgan fingerprint density at radius 1 is 1.03 bits per heavy atom. The number of piperidine rings is 1. The van der Waals surface area contributed by atoms with Gasteiger partial charge in [-0.25, -0.2) is 10.4 Å². The number of para-hydroxylation sites is 1. The lowest BCUT2D eigenvalue weighted by Crippen LogP contribution is -2.60. The van der Waals surface area contributed by atoms with Crippen LogP contribution >= 0.6 is 0 Å². The minimum atomic E-state index is -0.288. The van der Waals surface area contributed by atoms with Crippen LogP contribution in [0.5, 0.6) is 0 Å². The zero-order valence-electron chi connectivity index (χ0n) is 18.7. The number of carbonyl (C=O) groups is 3. The van der Waals surface area contributed by atoms with Crippen LogP contribution in [-0.2, 0) is 14.4 Å². The van der Waals surface area contributed by atoms with E-state index in [9.17, 15) is 14.4 Å². The van der Waals surface area contributed by atoms with Gasteiger partial charge in [-0.3, -0.25) is 14.4 Å². The van der Waals surface area contributed by atoms with E-state index in [0.29, 0.717) is 39.3 Å². The first-order chi connectivity index (χ1) is 14.9. The number of amides is 3. The van der Waals surface area contributed by atoms with E-state index in [2.05, 4.69) is 17.2 Å². The molecule has 168 valence electrons. The lowest BCUT2D eigenvalue weighted by atomic mass is 9.83. The standard InChI is InChI=1S/C23H33N5O3/c1-4-25-14-18(22(30)27-12-10-26(11-13-27)21(29)16(2)3)20-19(15-25)23(31)28(24-20)17-8-6-5-7-9-17/h5-9,16,18-20,24H,4,10-15H2,1-3H3. The van der Waals surface area contributed by atoms with Crippen LogP contribution in [0.15, 0.2) is 30.3 Å². The topological polar surface area (TPSA) is 76.2 Å². The van der Waals surface area contributed by atoms with Gasteiger partial charge in [-0.15, -0.1) is 0 Å². The third-order valence-electron chi connectivity index (χ3n) is 6.77. The quantitative estimate of drug-likeness (QED) is 0.769. The summed E-state index contributed by atoms with van der Waals surface area (Å²) in [7, 11) is 0. The molecule has 8 nitrogen and oxygen atoms in total. The van der Waals surface area contributed by atoms with Gasteiger partial charge in [0.2, 0.25) is 17.7 Å². The van der Waals surface area contributed by atoms with Crippen LogP contribution in [0.2, 0.25) is 0 Å². The molecule has 3 fully saturated rings. The molecular formula is C23H33N5O3. The van der Waals surface area contributed by atoms with E-state index in [1.165, 1.54) is 0 Å². The van der Waals surface area contributed by atoms with Gasteiger partial charge in [0.15, 0.2) is 0 Å². The molecule has 0 saturated carbocycles. The summed E-state index contributed by atoms with van der Waals surface area (Å²) in [4.78, 5) is 45.0. The molecule has 4 rings (SSSR count). The summed E-state index contributed by atoms with van der Waals surface area (Å²) in [6.07, 6.45) is 0. The number of anilines is 1. The van der Waals surface area contributed by atoms with Crippen LogP contribution in [0.4, 0.5) is 5.69 Å². The fourth-order valence-electron chi connectivity index (χ4n) is 4.94. The highest BCUT2D eigenvalue weighted by Crippen LogP contribution is 2.32. The number of hydrazine groups is 1. The Morgan fingerprint density at radius 3 is 2.29 bits per heavy atom. The largest absolute Gasteiger partial charge is 0.339 e. The fraction of sp³-hybridized carbons (Fsp3) is 0.609. The molecule has 3 amide bonds. The van der Waals surface area contributed by atoms with Gasteiger partial charge < -0.3 is 14.7 Å². The van der Waals surface area contributed by atoms with Crippen LogP contribution in [0.3, 0.4) is 0 Å². The number of nitrogens with one attached hydrogen (secondary N) is 1. The van der Waals surface area contributed by atoms with Gasteiger partial charge in [0.1, 0.15) is 0 Å². The second kappa shape index (κ2) is 8.96. The number of likely N-dealkylation sites (tertiary alicyclic amines) is 1. The summed E-state index contributed by atoms with van der Waals surface area (Å²) in [5.74, 6) is -0.310. The molecule has 3 heterocycles. The molecule has 3 unspecified atom stereocenters. The monoisotopic (exact) mass is 427 g/mol. The number of nitrogens with zero attached hydrogens (tertiary/aromatic N) is 4. The molecule has 3 atom stereocenters. The lowest BCUT2D eigenvalue weighted by Gasteiger charge is -2.42. The Kier molecular flexibility index (Phi) is 6.29. The smallest absolute Gasteiger partial charge is 0.247 e. The molecule has 31 heavy (non-hydrogen) atoms. The average molecular weight is 428 g/mol. The summed E-state index contributed by atoms with van der Waals surface area (Å²) in [5.41, 5.74) is 4.16. The second-order valence-corrected chi connectivity index (χ2v) is 9.03. The molecular weight excluding hydrogens is 394 g/mol. The maximum absolute atomic E-state index is 13.5. The molecule has 0 aromatic heterocycles. The molecule has 0 radical (unpaired) electrons. The second-order valence-electron chi connectivity index (χ2n) is 9.03. The predicted molar refractivity (Wildman–Crippen MR) is 118 cm³/mol. The zero-order chi connectivity index (χ0) is 22.1. The van der Waals surface area contributed by atoms with Gasteiger partial charge in [-0.2, -0.15) is 0 Å². The number of fused-ring (bicyclic) bond motifs is 1. The van der Waals surface area contributed by atoms with Crippen molar-refractivity contribution in [3.8, 4) is 0 Å². The first kappa shape index (κ1) is 21.8. The number of hydrogen-bond donors (Lipinski definition) is 1. The fourth-order valence-corrected chi connectivity index (χ4v) is 4.94. The van der Waals surface area contributed by atoms with Crippen molar-refractivity contribution in [1.82, 2.24) is 20.1 Å². The van der Waals surface area contributed by atoms with E-state index in [-0.39, 0.29) is 41.5 Å². The van der Waals surface area contributed by atoms with Crippen LogP contribution < -0.4 is 10.4 Å². The van der Waals surface area contributed by atoms with E-state index in [1.807, 2.05) is 54.0 Å². The minimum absolute atomic E-state index is 0.0273. The Morgan fingerprint density at radius 2 is 1.68 bits per heavy atom. The highest BCUT2D eigenvalue weighted by atomic mass is 16.2.